The quantitative estimate of drug-likeness (QED) is 0.689. The number of amides is 2. The van der Waals surface area contributed by atoms with Gasteiger partial charge in [0.2, 0.25) is 0 Å². The molecule has 0 fully saturated rings. The van der Waals surface area contributed by atoms with Crippen LogP contribution in [-0.4, -0.2) is 25.4 Å². The lowest BCUT2D eigenvalue weighted by atomic mass is 10.9. The standard InChI is InChI=1S/C6H10N2O4S/c1-3-11-5(9)7-13-8-6(10)12-4-2/h3-4H2,1-2H3. The van der Waals surface area contributed by atoms with Crippen LogP contribution in [0.5, 0.6) is 0 Å². The van der Waals surface area contributed by atoms with Crippen molar-refractivity contribution in [3.8, 4) is 0 Å². The molecule has 0 unspecified atom stereocenters. The molecule has 0 aromatic heterocycles. The van der Waals surface area contributed by atoms with Gasteiger partial charge < -0.3 is 9.47 Å². The van der Waals surface area contributed by atoms with E-state index in [0.29, 0.717) is 11.4 Å². The zero-order valence-electron chi connectivity index (χ0n) is 7.35. The van der Waals surface area contributed by atoms with E-state index < -0.39 is 12.2 Å². The van der Waals surface area contributed by atoms with Crippen molar-refractivity contribution in [2.45, 2.75) is 13.8 Å². The highest BCUT2D eigenvalue weighted by Gasteiger charge is 1.95. The fourth-order valence-corrected chi connectivity index (χ4v) is 0.666. The third-order valence-electron chi connectivity index (χ3n) is 0.766. The van der Waals surface area contributed by atoms with Gasteiger partial charge in [-0.15, -0.1) is 0 Å². The number of carbonyl (C=O) groups is 2. The molecule has 0 aromatic rings. The fraction of sp³-hybridized carbons (Fsp3) is 0.667. The van der Waals surface area contributed by atoms with E-state index in [0.717, 1.165) is 0 Å². The van der Waals surface area contributed by atoms with Crippen LogP contribution >= 0.6 is 0 Å². The molecule has 74 valence electrons. The normalized spacial score (nSPS) is 8.46. The van der Waals surface area contributed by atoms with E-state index in [-0.39, 0.29) is 13.2 Å². The molecule has 0 aliphatic heterocycles. The summed E-state index contributed by atoms with van der Waals surface area (Å²) in [6.07, 6.45) is -1.53. The van der Waals surface area contributed by atoms with Gasteiger partial charge in [-0.3, -0.25) is 0 Å². The van der Waals surface area contributed by atoms with E-state index in [2.05, 4.69) is 18.2 Å². The maximum absolute atomic E-state index is 10.6. The molecular formula is C6H10N2O4S. The molecule has 0 aliphatic rings. The van der Waals surface area contributed by atoms with E-state index in [1.165, 1.54) is 0 Å². The van der Waals surface area contributed by atoms with Gasteiger partial charge in [0, 0.05) is 0 Å². The Morgan fingerprint density at radius 1 is 1.08 bits per heavy atom. The number of hydrogen-bond donors (Lipinski definition) is 0. The largest absolute Gasteiger partial charge is 0.448 e. The highest BCUT2D eigenvalue weighted by atomic mass is 32.1. The third-order valence-corrected chi connectivity index (χ3v) is 1.23. The molecule has 0 aromatic carbocycles. The van der Waals surface area contributed by atoms with Crippen molar-refractivity contribution in [1.82, 2.24) is 0 Å². The fourth-order valence-electron chi connectivity index (χ4n) is 0.387. The molecule has 0 radical (unpaired) electrons. The summed E-state index contributed by atoms with van der Waals surface area (Å²) in [6.45, 7) is 3.78. The summed E-state index contributed by atoms with van der Waals surface area (Å²) in [5.41, 5.74) is 0. The second-order valence-electron chi connectivity index (χ2n) is 1.66. The van der Waals surface area contributed by atoms with E-state index in [1.807, 2.05) is 0 Å². The van der Waals surface area contributed by atoms with Crippen LogP contribution in [0.15, 0.2) is 8.73 Å². The molecule has 0 heterocycles. The minimum absolute atomic E-state index is 0.238. The molecule has 0 rings (SSSR count). The first-order valence-corrected chi connectivity index (χ1v) is 4.35. The van der Waals surface area contributed by atoms with Crippen LogP contribution in [0.1, 0.15) is 13.8 Å². The lowest BCUT2D eigenvalue weighted by Gasteiger charge is -1.91. The number of nitrogens with zero attached hydrogens (tertiary/aromatic N) is 2. The maximum Gasteiger partial charge on any atom is 0.445 e. The Bertz CT molecular complexity index is 225. The van der Waals surface area contributed by atoms with Crippen molar-refractivity contribution >= 4 is 23.5 Å². The van der Waals surface area contributed by atoms with E-state index in [9.17, 15) is 9.59 Å². The minimum atomic E-state index is -0.763. The first-order valence-electron chi connectivity index (χ1n) is 3.62. The smallest absolute Gasteiger partial charge is 0.445 e. The van der Waals surface area contributed by atoms with Crippen molar-refractivity contribution in [3.63, 3.8) is 0 Å². The van der Waals surface area contributed by atoms with Gasteiger partial charge in [0.15, 0.2) is 0 Å². The molecule has 0 N–H and O–H groups in total. The molecular weight excluding hydrogens is 196 g/mol. The highest BCUT2D eigenvalue weighted by molar-refractivity contribution is 7.58. The summed E-state index contributed by atoms with van der Waals surface area (Å²) in [7, 11) is 0. The summed E-state index contributed by atoms with van der Waals surface area (Å²) in [6, 6.07) is 0. The maximum atomic E-state index is 10.6. The Labute approximate surface area is 79.1 Å². The zero-order chi connectivity index (χ0) is 10.1. The second kappa shape index (κ2) is 7.41. The van der Waals surface area contributed by atoms with Crippen molar-refractivity contribution in [2.75, 3.05) is 13.2 Å². The average Bonchev–Trinajstić information content (AvgIpc) is 2.05. The van der Waals surface area contributed by atoms with Gasteiger partial charge in [0.05, 0.1) is 24.6 Å². The Balaban J connectivity index is 3.94. The van der Waals surface area contributed by atoms with Gasteiger partial charge in [-0.05, 0) is 13.8 Å². The molecule has 2 amide bonds. The Kier molecular flexibility index (Phi) is 6.70. The Morgan fingerprint density at radius 3 is 1.77 bits per heavy atom. The van der Waals surface area contributed by atoms with Gasteiger partial charge in [-0.25, -0.2) is 9.59 Å². The number of hydrogen-bond acceptors (Lipinski definition) is 4. The molecule has 7 heteroatoms. The Morgan fingerprint density at radius 2 is 1.46 bits per heavy atom. The summed E-state index contributed by atoms with van der Waals surface area (Å²) in [5, 5.41) is 0. The molecule has 0 saturated carbocycles. The summed E-state index contributed by atoms with van der Waals surface area (Å²) in [5.74, 6) is 0. The number of ether oxygens (including phenoxy) is 2. The second-order valence-corrected chi connectivity index (χ2v) is 2.19. The summed E-state index contributed by atoms with van der Waals surface area (Å²) in [4.78, 5) is 21.1. The average molecular weight is 206 g/mol. The molecule has 0 aliphatic carbocycles. The van der Waals surface area contributed by atoms with E-state index in [1.54, 1.807) is 13.8 Å². The zero-order valence-corrected chi connectivity index (χ0v) is 8.17. The van der Waals surface area contributed by atoms with Crippen LogP contribution < -0.4 is 0 Å². The predicted octanol–water partition coefficient (Wildman–Crippen LogP) is 1.75. The molecule has 13 heavy (non-hydrogen) atoms. The SMILES string of the molecule is CCOC(=O)N=S=NC(=O)OCC. The van der Waals surface area contributed by atoms with Gasteiger partial charge in [0.1, 0.15) is 0 Å². The lowest BCUT2D eigenvalue weighted by Crippen LogP contribution is -1.97. The van der Waals surface area contributed by atoms with Crippen LogP contribution in [0.2, 0.25) is 0 Å². The first kappa shape index (κ1) is 11.8. The lowest BCUT2D eigenvalue weighted by molar-refractivity contribution is 0.164. The molecule has 0 atom stereocenters. The number of rotatable bonds is 2. The van der Waals surface area contributed by atoms with Crippen molar-refractivity contribution in [1.29, 1.82) is 0 Å². The van der Waals surface area contributed by atoms with Crippen molar-refractivity contribution < 1.29 is 19.1 Å². The van der Waals surface area contributed by atoms with E-state index in [4.69, 9.17) is 0 Å². The van der Waals surface area contributed by atoms with Crippen LogP contribution in [-0.2, 0) is 20.8 Å². The summed E-state index contributed by atoms with van der Waals surface area (Å²) >= 11 is 0.450. The molecule has 0 spiro atoms. The predicted molar refractivity (Wildman–Crippen MR) is 46.3 cm³/mol. The van der Waals surface area contributed by atoms with Crippen LogP contribution in [0, 0.1) is 0 Å². The van der Waals surface area contributed by atoms with Gasteiger partial charge in [-0.1, -0.05) is 8.73 Å². The monoisotopic (exact) mass is 206 g/mol. The molecule has 6 nitrogen and oxygen atoms in total. The summed E-state index contributed by atoms with van der Waals surface area (Å²) < 4.78 is 15.3. The molecule has 0 saturated heterocycles. The van der Waals surface area contributed by atoms with Crippen LogP contribution in [0.25, 0.3) is 0 Å². The van der Waals surface area contributed by atoms with Crippen molar-refractivity contribution in [3.05, 3.63) is 0 Å². The molecule has 0 bridgehead atoms. The van der Waals surface area contributed by atoms with Crippen molar-refractivity contribution in [2.24, 2.45) is 8.73 Å². The Hall–Kier alpha value is -1.24. The number of carbonyl (C=O) groups excluding carboxylic acids is 2. The minimum Gasteiger partial charge on any atom is -0.448 e. The highest BCUT2D eigenvalue weighted by Crippen LogP contribution is 1.84. The van der Waals surface area contributed by atoms with Crippen LogP contribution in [0.3, 0.4) is 0 Å². The third kappa shape index (κ3) is 7.13. The van der Waals surface area contributed by atoms with Gasteiger partial charge >= 0.3 is 12.2 Å². The van der Waals surface area contributed by atoms with Gasteiger partial charge in [-0.2, -0.15) is 0 Å². The van der Waals surface area contributed by atoms with Gasteiger partial charge in [0.25, 0.3) is 0 Å². The topological polar surface area (TPSA) is 77.3 Å². The first-order chi connectivity index (χ1) is 6.20. The van der Waals surface area contributed by atoms with E-state index >= 15 is 0 Å². The van der Waals surface area contributed by atoms with Crippen LogP contribution in [0.4, 0.5) is 9.59 Å².